The average Bonchev–Trinajstić information content (AvgIpc) is 2.23. The molecule has 1 atom stereocenters. The zero-order valence-electron chi connectivity index (χ0n) is 8.61. The molecule has 2 N–H and O–H groups in total. The SMILES string of the molecule is C[C@@H]1COCCN1c1cc(F)ncc1N. The van der Waals surface area contributed by atoms with Crippen molar-refractivity contribution in [2.24, 2.45) is 0 Å². The second-order valence-corrected chi connectivity index (χ2v) is 3.68. The van der Waals surface area contributed by atoms with E-state index in [1.54, 1.807) is 0 Å². The molecule has 1 aromatic rings. The first-order valence-electron chi connectivity index (χ1n) is 4.94. The number of halogens is 1. The highest BCUT2D eigenvalue weighted by atomic mass is 19.1. The molecule has 0 amide bonds. The number of anilines is 2. The molecule has 1 aliphatic rings. The van der Waals surface area contributed by atoms with Gasteiger partial charge in [-0.1, -0.05) is 0 Å². The van der Waals surface area contributed by atoms with E-state index in [0.717, 1.165) is 6.54 Å². The van der Waals surface area contributed by atoms with Crippen LogP contribution < -0.4 is 10.6 Å². The normalized spacial score (nSPS) is 21.7. The van der Waals surface area contributed by atoms with E-state index in [0.29, 0.717) is 24.6 Å². The summed E-state index contributed by atoms with van der Waals surface area (Å²) in [5, 5.41) is 0. The maximum Gasteiger partial charge on any atom is 0.215 e. The summed E-state index contributed by atoms with van der Waals surface area (Å²) in [6.45, 7) is 4.04. The van der Waals surface area contributed by atoms with Crippen molar-refractivity contribution in [2.45, 2.75) is 13.0 Å². The fourth-order valence-corrected chi connectivity index (χ4v) is 1.76. The molecule has 0 saturated carbocycles. The molecule has 0 bridgehead atoms. The van der Waals surface area contributed by atoms with Gasteiger partial charge >= 0.3 is 0 Å². The van der Waals surface area contributed by atoms with Crippen LogP contribution >= 0.6 is 0 Å². The molecule has 15 heavy (non-hydrogen) atoms. The highest BCUT2D eigenvalue weighted by molar-refractivity contribution is 5.66. The number of nitrogens with two attached hydrogens (primary N) is 1. The number of nitrogens with zero attached hydrogens (tertiary/aromatic N) is 2. The van der Waals surface area contributed by atoms with Crippen molar-refractivity contribution in [1.29, 1.82) is 0 Å². The molecular weight excluding hydrogens is 197 g/mol. The lowest BCUT2D eigenvalue weighted by atomic mass is 10.2. The Morgan fingerprint density at radius 3 is 3.20 bits per heavy atom. The largest absolute Gasteiger partial charge is 0.396 e. The van der Waals surface area contributed by atoms with Crippen LogP contribution in [0.4, 0.5) is 15.8 Å². The standard InChI is InChI=1S/C10H14FN3O/c1-7-6-15-3-2-14(7)9-4-10(11)13-5-8(9)12/h4-5,7H,2-3,6,12H2,1H3/t7-/m1/s1. The maximum absolute atomic E-state index is 13.0. The third kappa shape index (κ3) is 2.02. The number of morpholine rings is 1. The third-order valence-corrected chi connectivity index (χ3v) is 2.56. The summed E-state index contributed by atoms with van der Waals surface area (Å²) in [5.41, 5.74) is 6.98. The monoisotopic (exact) mass is 211 g/mol. The van der Waals surface area contributed by atoms with Gasteiger partial charge in [0, 0.05) is 18.7 Å². The Morgan fingerprint density at radius 1 is 1.67 bits per heavy atom. The number of aromatic nitrogens is 1. The first kappa shape index (κ1) is 10.2. The molecule has 4 nitrogen and oxygen atoms in total. The van der Waals surface area contributed by atoms with Crippen LogP contribution in [0.5, 0.6) is 0 Å². The van der Waals surface area contributed by atoms with Crippen LogP contribution in [0.3, 0.4) is 0 Å². The number of pyridine rings is 1. The van der Waals surface area contributed by atoms with E-state index in [-0.39, 0.29) is 6.04 Å². The van der Waals surface area contributed by atoms with Gasteiger partial charge in [-0.15, -0.1) is 0 Å². The van der Waals surface area contributed by atoms with Crippen LogP contribution in [0.25, 0.3) is 0 Å². The van der Waals surface area contributed by atoms with Gasteiger partial charge in [0.15, 0.2) is 0 Å². The van der Waals surface area contributed by atoms with E-state index >= 15 is 0 Å². The highest BCUT2D eigenvalue weighted by Crippen LogP contribution is 2.25. The molecule has 82 valence electrons. The molecule has 0 radical (unpaired) electrons. The maximum atomic E-state index is 13.0. The van der Waals surface area contributed by atoms with E-state index in [2.05, 4.69) is 4.98 Å². The minimum absolute atomic E-state index is 0.211. The van der Waals surface area contributed by atoms with Crippen molar-refractivity contribution in [1.82, 2.24) is 4.98 Å². The van der Waals surface area contributed by atoms with Crippen LogP contribution in [-0.4, -0.2) is 30.8 Å². The van der Waals surface area contributed by atoms with Gasteiger partial charge in [-0.3, -0.25) is 0 Å². The second-order valence-electron chi connectivity index (χ2n) is 3.68. The van der Waals surface area contributed by atoms with Crippen LogP contribution in [0.2, 0.25) is 0 Å². The fourth-order valence-electron chi connectivity index (χ4n) is 1.76. The minimum atomic E-state index is -0.502. The van der Waals surface area contributed by atoms with Gasteiger partial charge in [-0.2, -0.15) is 4.39 Å². The van der Waals surface area contributed by atoms with Crippen LogP contribution in [0.1, 0.15) is 6.92 Å². The Labute approximate surface area is 87.8 Å². The highest BCUT2D eigenvalue weighted by Gasteiger charge is 2.21. The van der Waals surface area contributed by atoms with Crippen molar-refractivity contribution < 1.29 is 9.13 Å². The molecule has 2 rings (SSSR count). The Morgan fingerprint density at radius 2 is 2.47 bits per heavy atom. The first-order chi connectivity index (χ1) is 7.18. The lowest BCUT2D eigenvalue weighted by Crippen LogP contribution is -2.44. The van der Waals surface area contributed by atoms with E-state index in [4.69, 9.17) is 10.5 Å². The molecule has 1 fully saturated rings. The van der Waals surface area contributed by atoms with Crippen molar-refractivity contribution in [3.63, 3.8) is 0 Å². The topological polar surface area (TPSA) is 51.4 Å². The Kier molecular flexibility index (Phi) is 2.73. The summed E-state index contributed by atoms with van der Waals surface area (Å²) < 4.78 is 18.3. The summed E-state index contributed by atoms with van der Waals surface area (Å²) >= 11 is 0. The van der Waals surface area contributed by atoms with Crippen LogP contribution in [0, 0.1) is 5.95 Å². The third-order valence-electron chi connectivity index (χ3n) is 2.56. The zero-order chi connectivity index (χ0) is 10.8. The second kappa shape index (κ2) is 4.02. The van der Waals surface area contributed by atoms with Crippen molar-refractivity contribution in [3.8, 4) is 0 Å². The Hall–Kier alpha value is -1.36. The smallest absolute Gasteiger partial charge is 0.215 e. The molecule has 1 aromatic heterocycles. The average molecular weight is 211 g/mol. The molecule has 1 aliphatic heterocycles. The van der Waals surface area contributed by atoms with Crippen molar-refractivity contribution in [3.05, 3.63) is 18.2 Å². The molecule has 2 heterocycles. The van der Waals surface area contributed by atoms with Crippen molar-refractivity contribution >= 4 is 11.4 Å². The summed E-state index contributed by atoms with van der Waals surface area (Å²) in [4.78, 5) is 5.55. The molecular formula is C10H14FN3O. The van der Waals surface area contributed by atoms with Gasteiger partial charge in [0.25, 0.3) is 0 Å². The van der Waals surface area contributed by atoms with Gasteiger partial charge < -0.3 is 15.4 Å². The number of rotatable bonds is 1. The van der Waals surface area contributed by atoms with E-state index < -0.39 is 5.95 Å². The predicted molar refractivity (Wildman–Crippen MR) is 56.2 cm³/mol. The fraction of sp³-hybridized carbons (Fsp3) is 0.500. The lowest BCUT2D eigenvalue weighted by Gasteiger charge is -2.35. The number of hydrogen-bond acceptors (Lipinski definition) is 4. The summed E-state index contributed by atoms with van der Waals surface area (Å²) in [7, 11) is 0. The molecule has 5 heteroatoms. The van der Waals surface area contributed by atoms with Gasteiger partial charge in [0.1, 0.15) is 0 Å². The van der Waals surface area contributed by atoms with Crippen LogP contribution in [-0.2, 0) is 4.74 Å². The zero-order valence-corrected chi connectivity index (χ0v) is 8.61. The van der Waals surface area contributed by atoms with E-state index in [9.17, 15) is 4.39 Å². The van der Waals surface area contributed by atoms with E-state index in [1.807, 2.05) is 11.8 Å². The quantitative estimate of drug-likeness (QED) is 0.705. The van der Waals surface area contributed by atoms with Crippen molar-refractivity contribution in [2.75, 3.05) is 30.4 Å². The molecule has 1 saturated heterocycles. The lowest BCUT2D eigenvalue weighted by molar-refractivity contribution is 0.0990. The first-order valence-corrected chi connectivity index (χ1v) is 4.94. The summed E-state index contributed by atoms with van der Waals surface area (Å²) in [6.07, 6.45) is 1.35. The summed E-state index contributed by atoms with van der Waals surface area (Å²) in [5.74, 6) is -0.502. The molecule has 0 aliphatic carbocycles. The number of nitrogen functional groups attached to an aromatic ring is 1. The Bertz CT molecular complexity index is 359. The minimum Gasteiger partial charge on any atom is -0.396 e. The Balaban J connectivity index is 2.30. The van der Waals surface area contributed by atoms with Gasteiger partial charge in [-0.25, -0.2) is 4.98 Å². The van der Waals surface area contributed by atoms with Gasteiger partial charge in [-0.05, 0) is 6.92 Å². The summed E-state index contributed by atoms with van der Waals surface area (Å²) in [6, 6.07) is 1.58. The van der Waals surface area contributed by atoms with Crippen LogP contribution in [0.15, 0.2) is 12.3 Å². The molecule has 0 aromatic carbocycles. The van der Waals surface area contributed by atoms with E-state index in [1.165, 1.54) is 12.3 Å². The molecule has 0 unspecified atom stereocenters. The molecule has 0 spiro atoms. The van der Waals surface area contributed by atoms with Gasteiger partial charge in [0.2, 0.25) is 5.95 Å². The number of ether oxygens (including phenoxy) is 1. The van der Waals surface area contributed by atoms with Gasteiger partial charge in [0.05, 0.1) is 30.8 Å². The predicted octanol–water partition coefficient (Wildman–Crippen LogP) is 1.03. The number of hydrogen-bond donors (Lipinski definition) is 1.